The fourth-order valence-electron chi connectivity index (χ4n) is 4.32. The van der Waals surface area contributed by atoms with Gasteiger partial charge in [-0.05, 0) is 49.4 Å². The molecular formula is C21H31N3O4S. The van der Waals surface area contributed by atoms with E-state index in [1.165, 1.54) is 56.4 Å². The van der Waals surface area contributed by atoms with E-state index >= 15 is 0 Å². The number of anilines is 1. The first kappa shape index (κ1) is 21.8. The molecule has 0 aromatic heterocycles. The SMILES string of the molecule is NS(=O)(=O)c1ccc(NC(=O)C2CCN(C(=O)CCC3CCCCC3)CC2)cc1. The van der Waals surface area contributed by atoms with Gasteiger partial charge in [0.15, 0.2) is 0 Å². The highest BCUT2D eigenvalue weighted by Crippen LogP contribution is 2.28. The first-order chi connectivity index (χ1) is 13.8. The maximum Gasteiger partial charge on any atom is 0.238 e. The molecule has 1 aromatic rings. The molecule has 1 saturated heterocycles. The summed E-state index contributed by atoms with van der Waals surface area (Å²) in [7, 11) is -3.75. The van der Waals surface area contributed by atoms with Gasteiger partial charge in [-0.25, -0.2) is 13.6 Å². The first-order valence-electron chi connectivity index (χ1n) is 10.5. The predicted molar refractivity (Wildman–Crippen MR) is 112 cm³/mol. The van der Waals surface area contributed by atoms with Crippen molar-refractivity contribution < 1.29 is 18.0 Å². The molecule has 1 heterocycles. The van der Waals surface area contributed by atoms with Gasteiger partial charge in [-0.3, -0.25) is 9.59 Å². The number of benzene rings is 1. The zero-order chi connectivity index (χ0) is 20.9. The number of rotatable bonds is 6. The molecular weight excluding hydrogens is 390 g/mol. The first-order valence-corrected chi connectivity index (χ1v) is 12.1. The lowest BCUT2D eigenvalue weighted by Gasteiger charge is -2.32. The van der Waals surface area contributed by atoms with Crippen molar-refractivity contribution in [3.05, 3.63) is 24.3 Å². The van der Waals surface area contributed by atoms with Crippen molar-refractivity contribution in [1.82, 2.24) is 4.90 Å². The number of piperidine rings is 1. The van der Waals surface area contributed by atoms with Gasteiger partial charge in [0.25, 0.3) is 0 Å². The highest BCUT2D eigenvalue weighted by Gasteiger charge is 2.27. The Morgan fingerprint density at radius 3 is 2.21 bits per heavy atom. The molecule has 0 radical (unpaired) electrons. The quantitative estimate of drug-likeness (QED) is 0.736. The minimum atomic E-state index is -3.75. The van der Waals surface area contributed by atoms with Gasteiger partial charge in [0.1, 0.15) is 0 Å². The van der Waals surface area contributed by atoms with Crippen LogP contribution in [-0.2, 0) is 19.6 Å². The number of carbonyl (C=O) groups is 2. The molecule has 3 N–H and O–H groups in total. The Labute approximate surface area is 173 Å². The van der Waals surface area contributed by atoms with Crippen molar-refractivity contribution in [2.24, 2.45) is 17.0 Å². The minimum absolute atomic E-state index is 0.00977. The van der Waals surface area contributed by atoms with Crippen LogP contribution in [0.4, 0.5) is 5.69 Å². The maximum atomic E-state index is 12.5. The monoisotopic (exact) mass is 421 g/mol. The second-order valence-electron chi connectivity index (χ2n) is 8.26. The van der Waals surface area contributed by atoms with E-state index in [4.69, 9.17) is 5.14 Å². The second-order valence-corrected chi connectivity index (χ2v) is 9.82. The van der Waals surface area contributed by atoms with Gasteiger partial charge >= 0.3 is 0 Å². The molecule has 0 atom stereocenters. The normalized spacial score (nSPS) is 19.1. The van der Waals surface area contributed by atoms with E-state index < -0.39 is 10.0 Å². The van der Waals surface area contributed by atoms with Gasteiger partial charge in [-0.15, -0.1) is 0 Å². The van der Waals surface area contributed by atoms with Crippen molar-refractivity contribution in [3.8, 4) is 0 Å². The molecule has 160 valence electrons. The molecule has 1 aromatic carbocycles. The third kappa shape index (κ3) is 6.27. The lowest BCUT2D eigenvalue weighted by molar-refractivity contribution is -0.134. The summed E-state index contributed by atoms with van der Waals surface area (Å²) in [5.41, 5.74) is 0.536. The summed E-state index contributed by atoms with van der Waals surface area (Å²) >= 11 is 0. The third-order valence-corrected chi connectivity index (χ3v) is 7.09. The topological polar surface area (TPSA) is 110 Å². The number of sulfonamides is 1. The zero-order valence-corrected chi connectivity index (χ0v) is 17.6. The highest BCUT2D eigenvalue weighted by atomic mass is 32.2. The molecule has 1 aliphatic heterocycles. The zero-order valence-electron chi connectivity index (χ0n) is 16.8. The Morgan fingerprint density at radius 2 is 1.62 bits per heavy atom. The summed E-state index contributed by atoms with van der Waals surface area (Å²) in [6, 6.07) is 5.81. The number of nitrogens with zero attached hydrogens (tertiary/aromatic N) is 1. The van der Waals surface area contributed by atoms with Crippen LogP contribution in [-0.4, -0.2) is 38.2 Å². The van der Waals surface area contributed by atoms with Crippen LogP contribution in [0.5, 0.6) is 0 Å². The van der Waals surface area contributed by atoms with Crippen LogP contribution < -0.4 is 10.5 Å². The molecule has 2 aliphatic rings. The van der Waals surface area contributed by atoms with E-state index in [2.05, 4.69) is 5.32 Å². The van der Waals surface area contributed by atoms with E-state index in [0.29, 0.717) is 44.0 Å². The van der Waals surface area contributed by atoms with E-state index in [-0.39, 0.29) is 22.6 Å². The summed E-state index contributed by atoms with van der Waals surface area (Å²) in [5, 5.41) is 7.90. The van der Waals surface area contributed by atoms with Crippen LogP contribution in [0.3, 0.4) is 0 Å². The van der Waals surface area contributed by atoms with Crippen LogP contribution in [0.25, 0.3) is 0 Å². The van der Waals surface area contributed by atoms with E-state index in [9.17, 15) is 18.0 Å². The molecule has 8 heteroatoms. The van der Waals surface area contributed by atoms with Gasteiger partial charge < -0.3 is 10.2 Å². The number of carbonyl (C=O) groups excluding carboxylic acids is 2. The molecule has 0 bridgehead atoms. The molecule has 1 saturated carbocycles. The van der Waals surface area contributed by atoms with Gasteiger partial charge in [0, 0.05) is 31.1 Å². The molecule has 2 fully saturated rings. The summed E-state index contributed by atoms with van der Waals surface area (Å²) in [5.74, 6) is 0.683. The summed E-state index contributed by atoms with van der Waals surface area (Å²) in [6.45, 7) is 1.23. The molecule has 2 amide bonds. The van der Waals surface area contributed by atoms with Crippen LogP contribution in [0, 0.1) is 11.8 Å². The Bertz CT molecular complexity index is 809. The smallest absolute Gasteiger partial charge is 0.238 e. The molecule has 29 heavy (non-hydrogen) atoms. The molecule has 1 aliphatic carbocycles. The molecule has 3 rings (SSSR count). The number of primary sulfonamides is 1. The predicted octanol–water partition coefficient (Wildman–Crippen LogP) is 2.87. The molecule has 0 unspecified atom stereocenters. The van der Waals surface area contributed by atoms with Crippen LogP contribution in [0.15, 0.2) is 29.2 Å². The number of hydrogen-bond donors (Lipinski definition) is 2. The van der Waals surface area contributed by atoms with E-state index in [0.717, 1.165) is 6.42 Å². The van der Waals surface area contributed by atoms with Gasteiger partial charge in [-0.2, -0.15) is 0 Å². The lowest BCUT2D eigenvalue weighted by atomic mass is 9.86. The highest BCUT2D eigenvalue weighted by molar-refractivity contribution is 7.89. The Hall–Kier alpha value is -1.93. The van der Waals surface area contributed by atoms with Crippen LogP contribution in [0.1, 0.15) is 57.8 Å². The average molecular weight is 422 g/mol. The van der Waals surface area contributed by atoms with Gasteiger partial charge in [0.2, 0.25) is 21.8 Å². The third-order valence-electron chi connectivity index (χ3n) is 6.16. The fraction of sp³-hybridized carbons (Fsp3) is 0.619. The fourth-order valence-corrected chi connectivity index (χ4v) is 4.84. The maximum absolute atomic E-state index is 12.5. The van der Waals surface area contributed by atoms with E-state index in [1.54, 1.807) is 0 Å². The molecule has 0 spiro atoms. The van der Waals surface area contributed by atoms with Crippen molar-refractivity contribution in [3.63, 3.8) is 0 Å². The van der Waals surface area contributed by atoms with Crippen molar-refractivity contribution in [2.75, 3.05) is 18.4 Å². The van der Waals surface area contributed by atoms with E-state index in [1.807, 2.05) is 4.90 Å². The van der Waals surface area contributed by atoms with Crippen molar-refractivity contribution >= 4 is 27.5 Å². The summed E-state index contributed by atoms with van der Waals surface area (Å²) in [6.07, 6.45) is 9.35. The minimum Gasteiger partial charge on any atom is -0.343 e. The van der Waals surface area contributed by atoms with Crippen LogP contribution >= 0.6 is 0 Å². The van der Waals surface area contributed by atoms with Gasteiger partial charge in [0.05, 0.1) is 4.90 Å². The van der Waals surface area contributed by atoms with Crippen LogP contribution in [0.2, 0.25) is 0 Å². The Balaban J connectivity index is 1.42. The number of nitrogens with two attached hydrogens (primary N) is 1. The largest absolute Gasteiger partial charge is 0.343 e. The molecule has 7 nitrogen and oxygen atoms in total. The lowest BCUT2D eigenvalue weighted by Crippen LogP contribution is -2.41. The van der Waals surface area contributed by atoms with Crippen molar-refractivity contribution in [2.45, 2.75) is 62.7 Å². The summed E-state index contributed by atoms with van der Waals surface area (Å²) in [4.78, 5) is 26.9. The number of nitrogens with one attached hydrogen (secondary N) is 1. The van der Waals surface area contributed by atoms with Crippen molar-refractivity contribution in [1.29, 1.82) is 0 Å². The summed E-state index contributed by atoms with van der Waals surface area (Å²) < 4.78 is 22.6. The Morgan fingerprint density at radius 1 is 1.00 bits per heavy atom. The Kier molecular flexibility index (Phi) is 7.29. The average Bonchev–Trinajstić information content (AvgIpc) is 2.72. The van der Waals surface area contributed by atoms with Gasteiger partial charge in [-0.1, -0.05) is 32.1 Å². The number of hydrogen-bond acceptors (Lipinski definition) is 4. The number of likely N-dealkylation sites (tertiary alicyclic amines) is 1. The number of amides is 2. The second kappa shape index (κ2) is 9.71. The standard InChI is InChI=1S/C21H31N3O4S/c22-29(27,28)19-9-7-18(8-10-19)23-21(26)17-12-14-24(15-13-17)20(25)11-6-16-4-2-1-3-5-16/h7-10,16-17H,1-6,11-15H2,(H,23,26)(H2,22,27,28).